The fourth-order valence-electron chi connectivity index (χ4n) is 3.69. The summed E-state index contributed by atoms with van der Waals surface area (Å²) in [5, 5.41) is 2.99. The van der Waals surface area contributed by atoms with E-state index in [1.165, 1.54) is 6.26 Å². The molecule has 166 valence electrons. The Hall–Kier alpha value is -3.74. The summed E-state index contributed by atoms with van der Waals surface area (Å²) in [6.07, 6.45) is 2.68. The van der Waals surface area contributed by atoms with Gasteiger partial charge in [0, 0.05) is 19.0 Å². The van der Waals surface area contributed by atoms with Crippen molar-refractivity contribution in [3.05, 3.63) is 72.7 Å². The lowest BCUT2D eigenvalue weighted by Crippen LogP contribution is -2.41. The Labute approximate surface area is 186 Å². The Kier molecular flexibility index (Phi) is 6.75. The van der Waals surface area contributed by atoms with E-state index in [9.17, 15) is 9.59 Å². The normalized spacial score (nSPS) is 14.1. The van der Waals surface area contributed by atoms with E-state index in [1.807, 2.05) is 55.5 Å². The molecule has 0 saturated carbocycles. The predicted molar refractivity (Wildman–Crippen MR) is 120 cm³/mol. The van der Waals surface area contributed by atoms with E-state index in [-0.39, 0.29) is 17.7 Å². The Bertz CT molecular complexity index is 1040. The number of hydrogen-bond acceptors (Lipinski definition) is 5. The van der Waals surface area contributed by atoms with Crippen LogP contribution in [0, 0.1) is 5.92 Å². The molecule has 4 rings (SSSR count). The molecular weight excluding hydrogens is 408 g/mol. The summed E-state index contributed by atoms with van der Waals surface area (Å²) in [7, 11) is 0. The second-order valence-corrected chi connectivity index (χ2v) is 7.54. The molecule has 1 saturated heterocycles. The smallest absolute Gasteiger partial charge is 0.289 e. The van der Waals surface area contributed by atoms with Gasteiger partial charge in [0.05, 0.1) is 18.6 Å². The van der Waals surface area contributed by atoms with Crippen LogP contribution in [0.5, 0.6) is 17.2 Å². The molecule has 2 amide bonds. The molecule has 7 nitrogen and oxygen atoms in total. The molecule has 1 N–H and O–H groups in total. The third-order valence-electron chi connectivity index (χ3n) is 5.39. The lowest BCUT2D eigenvalue weighted by Gasteiger charge is -2.30. The van der Waals surface area contributed by atoms with Crippen molar-refractivity contribution < 1.29 is 23.5 Å². The highest BCUT2D eigenvalue weighted by molar-refractivity contribution is 5.95. The lowest BCUT2D eigenvalue weighted by molar-refractivity contribution is -0.121. The van der Waals surface area contributed by atoms with Crippen LogP contribution in [0.15, 0.2) is 71.3 Å². The Morgan fingerprint density at radius 3 is 2.41 bits per heavy atom. The third-order valence-corrected chi connectivity index (χ3v) is 5.39. The average molecular weight is 434 g/mol. The number of ether oxygens (including phenoxy) is 2. The van der Waals surface area contributed by atoms with Crippen LogP contribution in [-0.4, -0.2) is 36.4 Å². The number of carbonyl (C=O) groups is 2. The molecule has 2 heterocycles. The topological polar surface area (TPSA) is 81.0 Å². The van der Waals surface area contributed by atoms with E-state index in [1.54, 1.807) is 17.0 Å². The van der Waals surface area contributed by atoms with Gasteiger partial charge in [-0.2, -0.15) is 0 Å². The molecule has 0 atom stereocenters. The molecule has 0 radical (unpaired) electrons. The largest absolute Gasteiger partial charge is 0.494 e. The molecule has 0 aliphatic carbocycles. The van der Waals surface area contributed by atoms with Crippen molar-refractivity contribution in [1.82, 2.24) is 4.90 Å². The van der Waals surface area contributed by atoms with Gasteiger partial charge in [0.2, 0.25) is 5.91 Å². The quantitative estimate of drug-likeness (QED) is 0.568. The minimum atomic E-state index is -0.172. The molecule has 1 aliphatic rings. The number of piperidine rings is 1. The predicted octanol–water partition coefficient (Wildman–Crippen LogP) is 4.96. The van der Waals surface area contributed by atoms with Crippen LogP contribution < -0.4 is 14.8 Å². The highest BCUT2D eigenvalue weighted by atomic mass is 16.5. The van der Waals surface area contributed by atoms with Gasteiger partial charge in [-0.1, -0.05) is 12.1 Å². The third kappa shape index (κ3) is 5.11. The van der Waals surface area contributed by atoms with Gasteiger partial charge in [-0.15, -0.1) is 0 Å². The summed E-state index contributed by atoms with van der Waals surface area (Å²) in [6, 6.07) is 18.0. The van der Waals surface area contributed by atoms with Gasteiger partial charge >= 0.3 is 0 Å². The molecule has 1 fully saturated rings. The summed E-state index contributed by atoms with van der Waals surface area (Å²) in [4.78, 5) is 27.0. The number of amides is 2. The fourth-order valence-corrected chi connectivity index (χ4v) is 3.69. The van der Waals surface area contributed by atoms with Gasteiger partial charge < -0.3 is 24.1 Å². The number of likely N-dealkylation sites (tertiary alicyclic amines) is 1. The second kappa shape index (κ2) is 10.0. The fraction of sp³-hybridized carbons (Fsp3) is 0.280. The van der Waals surface area contributed by atoms with Crippen molar-refractivity contribution in [2.75, 3.05) is 25.0 Å². The standard InChI is InChI=1S/C25H26N2O5/c1-2-30-19-9-11-20(12-10-19)32-22-7-4-3-6-21(22)26-24(28)18-13-15-27(16-14-18)25(29)23-8-5-17-31-23/h3-12,17-18H,2,13-16H2,1H3,(H,26,28). The van der Waals surface area contributed by atoms with Crippen molar-refractivity contribution in [2.45, 2.75) is 19.8 Å². The van der Waals surface area contributed by atoms with Crippen LogP contribution in [0.4, 0.5) is 5.69 Å². The van der Waals surface area contributed by atoms with E-state index >= 15 is 0 Å². The summed E-state index contributed by atoms with van der Waals surface area (Å²) in [6.45, 7) is 3.57. The molecule has 1 aliphatic heterocycles. The number of carbonyl (C=O) groups excluding carboxylic acids is 2. The Morgan fingerprint density at radius 2 is 1.72 bits per heavy atom. The molecule has 0 unspecified atom stereocenters. The zero-order valence-corrected chi connectivity index (χ0v) is 18.0. The second-order valence-electron chi connectivity index (χ2n) is 7.54. The molecule has 32 heavy (non-hydrogen) atoms. The summed E-state index contributed by atoms with van der Waals surface area (Å²) < 4.78 is 16.6. The monoisotopic (exact) mass is 434 g/mol. The number of hydrogen-bond donors (Lipinski definition) is 1. The average Bonchev–Trinajstić information content (AvgIpc) is 3.36. The van der Waals surface area contributed by atoms with Gasteiger partial charge in [0.15, 0.2) is 11.5 Å². The van der Waals surface area contributed by atoms with Crippen molar-refractivity contribution in [2.24, 2.45) is 5.92 Å². The van der Waals surface area contributed by atoms with Crippen LogP contribution >= 0.6 is 0 Å². The highest BCUT2D eigenvalue weighted by Gasteiger charge is 2.29. The molecule has 1 aromatic heterocycles. The number of nitrogens with zero attached hydrogens (tertiary/aromatic N) is 1. The van der Waals surface area contributed by atoms with Gasteiger partial charge in [0.25, 0.3) is 5.91 Å². The minimum Gasteiger partial charge on any atom is -0.494 e. The molecule has 7 heteroatoms. The van der Waals surface area contributed by atoms with Gasteiger partial charge in [-0.3, -0.25) is 9.59 Å². The van der Waals surface area contributed by atoms with E-state index < -0.39 is 0 Å². The van der Waals surface area contributed by atoms with Crippen LogP contribution in [0.3, 0.4) is 0 Å². The van der Waals surface area contributed by atoms with Crippen molar-refractivity contribution in [3.8, 4) is 17.2 Å². The maximum Gasteiger partial charge on any atom is 0.289 e. The number of anilines is 1. The molecular formula is C25H26N2O5. The van der Waals surface area contributed by atoms with Crippen molar-refractivity contribution in [1.29, 1.82) is 0 Å². The Balaban J connectivity index is 1.35. The first-order chi connectivity index (χ1) is 15.6. The summed E-state index contributed by atoms with van der Waals surface area (Å²) in [5.74, 6) is 1.94. The number of para-hydroxylation sites is 2. The number of rotatable bonds is 7. The maximum atomic E-state index is 12.9. The number of benzene rings is 2. The highest BCUT2D eigenvalue weighted by Crippen LogP contribution is 2.31. The number of nitrogens with one attached hydrogen (secondary N) is 1. The van der Waals surface area contributed by atoms with Crippen LogP contribution in [0.25, 0.3) is 0 Å². The SMILES string of the molecule is CCOc1ccc(Oc2ccccc2NC(=O)C2CCN(C(=O)c3ccco3)CC2)cc1. The first-order valence-electron chi connectivity index (χ1n) is 10.8. The van der Waals surface area contributed by atoms with Gasteiger partial charge in [-0.05, 0) is 68.3 Å². The molecule has 2 aromatic carbocycles. The first-order valence-corrected chi connectivity index (χ1v) is 10.8. The zero-order chi connectivity index (χ0) is 22.3. The van der Waals surface area contributed by atoms with Crippen LogP contribution in [-0.2, 0) is 4.79 Å². The van der Waals surface area contributed by atoms with E-state index in [4.69, 9.17) is 13.9 Å². The van der Waals surface area contributed by atoms with Gasteiger partial charge in [-0.25, -0.2) is 0 Å². The number of furan rings is 1. The van der Waals surface area contributed by atoms with Crippen molar-refractivity contribution >= 4 is 17.5 Å². The molecule has 0 spiro atoms. The zero-order valence-electron chi connectivity index (χ0n) is 18.0. The lowest BCUT2D eigenvalue weighted by atomic mass is 9.95. The van der Waals surface area contributed by atoms with Crippen molar-refractivity contribution in [3.63, 3.8) is 0 Å². The van der Waals surface area contributed by atoms with E-state index in [0.29, 0.717) is 55.5 Å². The minimum absolute atomic E-state index is 0.0714. The first kappa shape index (κ1) is 21.5. The Morgan fingerprint density at radius 1 is 1.00 bits per heavy atom. The molecule has 0 bridgehead atoms. The molecule has 3 aromatic rings. The van der Waals surface area contributed by atoms with Crippen LogP contribution in [0.1, 0.15) is 30.3 Å². The van der Waals surface area contributed by atoms with E-state index in [0.717, 1.165) is 5.75 Å². The van der Waals surface area contributed by atoms with E-state index in [2.05, 4.69) is 5.32 Å². The summed E-state index contributed by atoms with van der Waals surface area (Å²) >= 11 is 0. The van der Waals surface area contributed by atoms with Gasteiger partial charge in [0.1, 0.15) is 11.5 Å². The van der Waals surface area contributed by atoms with Crippen LogP contribution in [0.2, 0.25) is 0 Å². The summed E-state index contributed by atoms with van der Waals surface area (Å²) in [5.41, 5.74) is 0.612. The maximum absolute atomic E-state index is 12.9.